The molecule has 0 spiro atoms. The molecule has 2 rings (SSSR count). The minimum Gasteiger partial charge on any atom is -0.497 e. The predicted octanol–water partition coefficient (Wildman–Crippen LogP) is 2.90. The van der Waals surface area contributed by atoms with Crippen molar-refractivity contribution >= 4 is 29.2 Å². The van der Waals surface area contributed by atoms with E-state index in [0.717, 1.165) is 5.56 Å². The summed E-state index contributed by atoms with van der Waals surface area (Å²) in [5.41, 5.74) is 2.29. The van der Waals surface area contributed by atoms with Crippen LogP contribution < -0.4 is 15.4 Å². The van der Waals surface area contributed by atoms with E-state index in [0.29, 0.717) is 17.1 Å². The Kier molecular flexibility index (Phi) is 7.37. The SMILES string of the molecule is COc1cccc(NC(=O)COC(=O)CCC(=O)Nc2ccc(C)cc2)c1. The van der Waals surface area contributed by atoms with Crippen molar-refractivity contribution in [1.29, 1.82) is 0 Å². The van der Waals surface area contributed by atoms with Crippen LogP contribution in [0.2, 0.25) is 0 Å². The predicted molar refractivity (Wildman–Crippen MR) is 102 cm³/mol. The number of aryl methyl sites for hydroxylation is 1. The molecule has 0 bridgehead atoms. The number of benzene rings is 2. The average molecular weight is 370 g/mol. The molecular formula is C20H22N2O5. The van der Waals surface area contributed by atoms with Gasteiger partial charge in [-0.2, -0.15) is 0 Å². The second-order valence-corrected chi connectivity index (χ2v) is 5.86. The van der Waals surface area contributed by atoms with Crippen molar-refractivity contribution < 1.29 is 23.9 Å². The second-order valence-electron chi connectivity index (χ2n) is 5.86. The molecule has 2 aromatic rings. The molecule has 0 saturated carbocycles. The van der Waals surface area contributed by atoms with E-state index in [1.54, 1.807) is 36.4 Å². The summed E-state index contributed by atoms with van der Waals surface area (Å²) in [6, 6.07) is 14.1. The molecule has 0 saturated heterocycles. The first-order chi connectivity index (χ1) is 13.0. The molecule has 0 atom stereocenters. The minimum absolute atomic E-state index is 0.0236. The zero-order valence-corrected chi connectivity index (χ0v) is 15.3. The van der Waals surface area contributed by atoms with Gasteiger partial charge in [0.15, 0.2) is 6.61 Å². The zero-order chi connectivity index (χ0) is 19.6. The molecule has 7 nitrogen and oxygen atoms in total. The Morgan fingerprint density at radius 1 is 0.889 bits per heavy atom. The fourth-order valence-electron chi connectivity index (χ4n) is 2.19. The molecule has 27 heavy (non-hydrogen) atoms. The summed E-state index contributed by atoms with van der Waals surface area (Å²) in [5, 5.41) is 5.29. The topological polar surface area (TPSA) is 93.7 Å². The Balaban J connectivity index is 1.68. The maximum absolute atomic E-state index is 11.8. The van der Waals surface area contributed by atoms with Gasteiger partial charge in [0.25, 0.3) is 5.91 Å². The molecule has 0 radical (unpaired) electrons. The van der Waals surface area contributed by atoms with E-state index in [1.807, 2.05) is 19.1 Å². The van der Waals surface area contributed by atoms with E-state index >= 15 is 0 Å². The number of rotatable bonds is 8. The summed E-state index contributed by atoms with van der Waals surface area (Å²) in [7, 11) is 1.53. The number of esters is 1. The summed E-state index contributed by atoms with van der Waals surface area (Å²) < 4.78 is 9.95. The third kappa shape index (κ3) is 7.19. The third-order valence-electron chi connectivity index (χ3n) is 3.61. The number of methoxy groups -OCH3 is 1. The minimum atomic E-state index is -0.616. The van der Waals surface area contributed by atoms with E-state index < -0.39 is 18.5 Å². The maximum Gasteiger partial charge on any atom is 0.306 e. The first-order valence-corrected chi connectivity index (χ1v) is 8.42. The zero-order valence-electron chi connectivity index (χ0n) is 15.3. The monoisotopic (exact) mass is 370 g/mol. The lowest BCUT2D eigenvalue weighted by Crippen LogP contribution is -2.21. The maximum atomic E-state index is 11.8. The molecule has 0 heterocycles. The summed E-state index contributed by atoms with van der Waals surface area (Å²) in [6.45, 7) is 1.53. The Labute approximate surface area is 157 Å². The Hall–Kier alpha value is -3.35. The molecule has 0 aliphatic heterocycles. The van der Waals surface area contributed by atoms with Gasteiger partial charge in [-0.25, -0.2) is 0 Å². The molecular weight excluding hydrogens is 348 g/mol. The van der Waals surface area contributed by atoms with Crippen molar-refractivity contribution in [3.8, 4) is 5.75 Å². The van der Waals surface area contributed by atoms with Gasteiger partial charge in [-0.3, -0.25) is 14.4 Å². The molecule has 2 N–H and O–H groups in total. The summed E-state index contributed by atoms with van der Waals surface area (Å²) in [4.78, 5) is 35.3. The van der Waals surface area contributed by atoms with Crippen molar-refractivity contribution in [1.82, 2.24) is 0 Å². The van der Waals surface area contributed by atoms with E-state index in [9.17, 15) is 14.4 Å². The molecule has 7 heteroatoms. The standard InChI is InChI=1S/C20H22N2O5/c1-14-6-8-15(9-7-14)21-18(23)10-11-20(25)27-13-19(24)22-16-4-3-5-17(12-16)26-2/h3-9,12H,10-11,13H2,1-2H3,(H,21,23)(H,22,24). The highest BCUT2D eigenvalue weighted by Crippen LogP contribution is 2.16. The van der Waals surface area contributed by atoms with Gasteiger partial charge in [0.2, 0.25) is 5.91 Å². The fourth-order valence-corrected chi connectivity index (χ4v) is 2.19. The van der Waals surface area contributed by atoms with Gasteiger partial charge in [0, 0.05) is 23.9 Å². The van der Waals surface area contributed by atoms with Crippen molar-refractivity contribution in [2.45, 2.75) is 19.8 Å². The number of ether oxygens (including phenoxy) is 2. The lowest BCUT2D eigenvalue weighted by molar-refractivity contribution is -0.147. The van der Waals surface area contributed by atoms with E-state index in [2.05, 4.69) is 10.6 Å². The smallest absolute Gasteiger partial charge is 0.306 e. The van der Waals surface area contributed by atoms with Gasteiger partial charge in [0.05, 0.1) is 13.5 Å². The number of amides is 2. The number of carbonyl (C=O) groups excluding carboxylic acids is 3. The van der Waals surface area contributed by atoms with Crippen molar-refractivity contribution in [3.05, 3.63) is 54.1 Å². The van der Waals surface area contributed by atoms with Gasteiger partial charge >= 0.3 is 5.97 Å². The van der Waals surface area contributed by atoms with Crippen LogP contribution in [0.5, 0.6) is 5.75 Å². The highest BCUT2D eigenvalue weighted by molar-refractivity contribution is 5.94. The third-order valence-corrected chi connectivity index (χ3v) is 3.61. The second kappa shape index (κ2) is 9.96. The first kappa shape index (κ1) is 20.0. The van der Waals surface area contributed by atoms with Gasteiger partial charge in [-0.15, -0.1) is 0 Å². The summed E-state index contributed by atoms with van der Waals surface area (Å²) in [5.74, 6) is -0.781. The molecule has 2 aromatic carbocycles. The van der Waals surface area contributed by atoms with Crippen LogP contribution in [0.4, 0.5) is 11.4 Å². The molecule has 0 aromatic heterocycles. The van der Waals surface area contributed by atoms with Gasteiger partial charge < -0.3 is 20.1 Å². The van der Waals surface area contributed by atoms with Crippen molar-refractivity contribution in [2.24, 2.45) is 0 Å². The fraction of sp³-hybridized carbons (Fsp3) is 0.250. The molecule has 0 unspecified atom stereocenters. The normalized spacial score (nSPS) is 10.0. The number of carbonyl (C=O) groups is 3. The van der Waals surface area contributed by atoms with Crippen LogP contribution >= 0.6 is 0 Å². The van der Waals surface area contributed by atoms with Crippen LogP contribution in [-0.4, -0.2) is 31.5 Å². The van der Waals surface area contributed by atoms with Crippen LogP contribution in [0.25, 0.3) is 0 Å². The van der Waals surface area contributed by atoms with Gasteiger partial charge in [0.1, 0.15) is 5.75 Å². The lowest BCUT2D eigenvalue weighted by atomic mass is 10.2. The lowest BCUT2D eigenvalue weighted by Gasteiger charge is -2.08. The number of hydrogen-bond acceptors (Lipinski definition) is 5. The highest BCUT2D eigenvalue weighted by atomic mass is 16.5. The van der Waals surface area contributed by atoms with E-state index in [4.69, 9.17) is 9.47 Å². The summed E-state index contributed by atoms with van der Waals surface area (Å²) in [6.07, 6.45) is -0.131. The van der Waals surface area contributed by atoms with Gasteiger partial charge in [-0.1, -0.05) is 23.8 Å². The largest absolute Gasteiger partial charge is 0.497 e. The molecule has 142 valence electrons. The van der Waals surface area contributed by atoms with Crippen molar-refractivity contribution in [3.63, 3.8) is 0 Å². The number of hydrogen-bond donors (Lipinski definition) is 2. The summed E-state index contributed by atoms with van der Waals surface area (Å²) >= 11 is 0. The van der Waals surface area contributed by atoms with Crippen LogP contribution in [0.3, 0.4) is 0 Å². The van der Waals surface area contributed by atoms with Crippen LogP contribution in [-0.2, 0) is 19.1 Å². The molecule has 0 aliphatic rings. The number of nitrogens with one attached hydrogen (secondary N) is 2. The van der Waals surface area contributed by atoms with Crippen molar-refractivity contribution in [2.75, 3.05) is 24.4 Å². The van der Waals surface area contributed by atoms with Crippen LogP contribution in [0.1, 0.15) is 18.4 Å². The van der Waals surface area contributed by atoms with Crippen LogP contribution in [0.15, 0.2) is 48.5 Å². The van der Waals surface area contributed by atoms with E-state index in [1.165, 1.54) is 7.11 Å². The Morgan fingerprint density at radius 3 is 2.30 bits per heavy atom. The quantitative estimate of drug-likeness (QED) is 0.697. The average Bonchev–Trinajstić information content (AvgIpc) is 2.66. The number of anilines is 2. The highest BCUT2D eigenvalue weighted by Gasteiger charge is 2.11. The first-order valence-electron chi connectivity index (χ1n) is 8.42. The molecule has 2 amide bonds. The Morgan fingerprint density at radius 2 is 1.59 bits per heavy atom. The Bertz CT molecular complexity index is 802. The van der Waals surface area contributed by atoms with Crippen LogP contribution in [0, 0.1) is 6.92 Å². The molecule has 0 fully saturated rings. The van der Waals surface area contributed by atoms with Gasteiger partial charge in [-0.05, 0) is 31.2 Å². The van der Waals surface area contributed by atoms with E-state index in [-0.39, 0.29) is 18.7 Å². The molecule has 0 aliphatic carbocycles.